The minimum Gasteiger partial charge on any atom is -0.480 e. The number of carboxylic acids is 1. The predicted octanol–water partition coefficient (Wildman–Crippen LogP) is 3.36. The third kappa shape index (κ3) is 7.96. The molecule has 1 aromatic rings. The summed E-state index contributed by atoms with van der Waals surface area (Å²) in [4.78, 5) is 41.9. The smallest absolute Gasteiger partial charge is 0.410 e. The summed E-state index contributed by atoms with van der Waals surface area (Å²) in [5, 5.41) is 15.2. The molecule has 2 fully saturated rings. The highest BCUT2D eigenvalue weighted by Gasteiger charge is 2.37. The van der Waals surface area contributed by atoms with Crippen LogP contribution < -0.4 is 10.6 Å². The van der Waals surface area contributed by atoms with Gasteiger partial charge in [0, 0.05) is 25.3 Å². The van der Waals surface area contributed by atoms with Crippen LogP contribution in [0.1, 0.15) is 64.1 Å². The van der Waals surface area contributed by atoms with Gasteiger partial charge in [-0.3, -0.25) is 0 Å². The molecule has 3 aliphatic rings. The van der Waals surface area contributed by atoms with Gasteiger partial charge in [0.25, 0.3) is 0 Å². The zero-order valence-electron chi connectivity index (χ0n) is 22.5. The fraction of sp³-hybridized carbons (Fsp3) is 0.704. The predicted molar refractivity (Wildman–Crippen MR) is 139 cm³/mol. The first-order valence-corrected chi connectivity index (χ1v) is 13.6. The third-order valence-electron chi connectivity index (χ3n) is 7.08. The number of amides is 2. The summed E-state index contributed by atoms with van der Waals surface area (Å²) >= 11 is 0. The quantitative estimate of drug-likeness (QED) is 0.414. The molecular formula is C27H40N4O7. The number of anilines is 1. The van der Waals surface area contributed by atoms with Gasteiger partial charge in [0.05, 0.1) is 19.2 Å². The van der Waals surface area contributed by atoms with Gasteiger partial charge in [-0.1, -0.05) is 6.07 Å². The molecule has 3 heterocycles. The van der Waals surface area contributed by atoms with Crippen LogP contribution in [0.5, 0.6) is 0 Å². The number of carbonyl (C=O) groups excluding carboxylic acids is 2. The van der Waals surface area contributed by atoms with Gasteiger partial charge < -0.3 is 34.9 Å². The molecular weight excluding hydrogens is 492 g/mol. The van der Waals surface area contributed by atoms with E-state index in [-0.39, 0.29) is 32.2 Å². The number of hydrogen-bond acceptors (Lipinski definition) is 8. The standard InChI is InChI=1S/C27H40N4O7/c1-27(2,3)38-26(35)31-15-21(16-31)37-25(34)30-22(24(32)33)10-12-36-20-13-17(14-20)6-8-19-9-7-18-5-4-11-28-23(18)29-19/h7,9,17,20-22H,4-6,8,10-16H2,1-3H3,(H,28,29)(H,30,34)(H,32,33)/t17-,20-,22-/m0/s1. The number of pyridine rings is 1. The Kier molecular flexibility index (Phi) is 8.96. The van der Waals surface area contributed by atoms with Crippen LogP contribution in [0.4, 0.5) is 15.4 Å². The molecule has 11 nitrogen and oxygen atoms in total. The van der Waals surface area contributed by atoms with Gasteiger partial charge in [-0.15, -0.1) is 0 Å². The van der Waals surface area contributed by atoms with Crippen molar-refractivity contribution < 1.29 is 33.7 Å². The number of fused-ring (bicyclic) bond motifs is 1. The lowest BCUT2D eigenvalue weighted by molar-refractivity contribution is -0.140. The molecule has 2 amide bonds. The fourth-order valence-electron chi connectivity index (χ4n) is 4.83. The first kappa shape index (κ1) is 27.9. The van der Waals surface area contributed by atoms with Crippen LogP contribution in [0.2, 0.25) is 0 Å². The minimum atomic E-state index is -1.15. The summed E-state index contributed by atoms with van der Waals surface area (Å²) in [6.07, 6.45) is 4.63. The molecule has 1 saturated carbocycles. The van der Waals surface area contributed by atoms with Crippen molar-refractivity contribution in [2.24, 2.45) is 5.92 Å². The highest BCUT2D eigenvalue weighted by atomic mass is 16.6. The zero-order valence-corrected chi connectivity index (χ0v) is 22.5. The zero-order chi connectivity index (χ0) is 27.3. The molecule has 38 heavy (non-hydrogen) atoms. The van der Waals surface area contributed by atoms with E-state index < -0.39 is 35.9 Å². The SMILES string of the molecule is CC(C)(C)OC(=O)N1CC(OC(=O)N[C@@H](CCO[C@H]2C[C@H](CCc3ccc4c(n3)NCCC4)C2)C(=O)O)C1. The first-order valence-electron chi connectivity index (χ1n) is 13.6. The Morgan fingerprint density at radius 3 is 2.68 bits per heavy atom. The van der Waals surface area contributed by atoms with Crippen LogP contribution in [0.25, 0.3) is 0 Å². The summed E-state index contributed by atoms with van der Waals surface area (Å²) in [5.41, 5.74) is 1.81. The van der Waals surface area contributed by atoms with Gasteiger partial charge in [0.1, 0.15) is 23.6 Å². The first-order chi connectivity index (χ1) is 18.1. The van der Waals surface area contributed by atoms with Crippen LogP contribution in [0, 0.1) is 5.92 Å². The van der Waals surface area contributed by atoms with E-state index >= 15 is 0 Å². The Morgan fingerprint density at radius 2 is 1.97 bits per heavy atom. The van der Waals surface area contributed by atoms with Crippen LogP contribution in [0.3, 0.4) is 0 Å². The van der Waals surface area contributed by atoms with Crippen molar-refractivity contribution in [2.45, 2.75) is 89.6 Å². The average molecular weight is 533 g/mol. The molecule has 0 unspecified atom stereocenters. The lowest BCUT2D eigenvalue weighted by Crippen LogP contribution is -2.57. The van der Waals surface area contributed by atoms with Crippen LogP contribution in [0.15, 0.2) is 12.1 Å². The van der Waals surface area contributed by atoms with Crippen LogP contribution >= 0.6 is 0 Å². The van der Waals surface area contributed by atoms with Gasteiger partial charge in [-0.05, 0) is 76.8 Å². The molecule has 0 radical (unpaired) electrons. The summed E-state index contributed by atoms with van der Waals surface area (Å²) in [6.45, 7) is 6.98. The molecule has 11 heteroatoms. The van der Waals surface area contributed by atoms with Crippen LogP contribution in [-0.4, -0.2) is 83.2 Å². The van der Waals surface area contributed by atoms with E-state index in [4.69, 9.17) is 19.2 Å². The van der Waals surface area contributed by atoms with Gasteiger partial charge in [0.2, 0.25) is 0 Å². The second-order valence-electron chi connectivity index (χ2n) is 11.4. The summed E-state index contributed by atoms with van der Waals surface area (Å²) in [5.74, 6) is 0.467. The van der Waals surface area contributed by atoms with Crippen molar-refractivity contribution in [2.75, 3.05) is 31.6 Å². The summed E-state index contributed by atoms with van der Waals surface area (Å²) in [6, 6.07) is 3.21. The number of carbonyl (C=O) groups is 3. The Balaban J connectivity index is 1.08. The Hall–Kier alpha value is -3.08. The van der Waals surface area contributed by atoms with Gasteiger partial charge in [-0.2, -0.15) is 0 Å². The molecule has 0 spiro atoms. The number of rotatable bonds is 10. The van der Waals surface area contributed by atoms with E-state index in [1.165, 1.54) is 10.5 Å². The number of likely N-dealkylation sites (tertiary alicyclic amines) is 1. The topological polar surface area (TPSA) is 139 Å². The lowest BCUT2D eigenvalue weighted by atomic mass is 9.79. The molecule has 1 aromatic heterocycles. The number of ether oxygens (including phenoxy) is 3. The van der Waals surface area contributed by atoms with Crippen molar-refractivity contribution in [1.29, 1.82) is 0 Å². The highest BCUT2D eigenvalue weighted by Crippen LogP contribution is 2.34. The Morgan fingerprint density at radius 1 is 1.21 bits per heavy atom. The van der Waals surface area contributed by atoms with Gasteiger partial charge in [-0.25, -0.2) is 19.4 Å². The van der Waals surface area contributed by atoms with E-state index in [9.17, 15) is 19.5 Å². The molecule has 210 valence electrons. The largest absolute Gasteiger partial charge is 0.480 e. The number of carboxylic acid groups (broad SMARTS) is 1. The third-order valence-corrected chi connectivity index (χ3v) is 7.08. The number of hydrogen-bond donors (Lipinski definition) is 3. The number of aliphatic carboxylic acids is 1. The van der Waals surface area contributed by atoms with Crippen molar-refractivity contribution in [3.05, 3.63) is 23.4 Å². The summed E-state index contributed by atoms with van der Waals surface area (Å²) < 4.78 is 16.3. The maximum atomic E-state index is 12.2. The second-order valence-corrected chi connectivity index (χ2v) is 11.4. The molecule has 3 N–H and O–H groups in total. The maximum absolute atomic E-state index is 12.2. The monoisotopic (exact) mass is 532 g/mol. The minimum absolute atomic E-state index is 0.119. The Labute approximate surface area is 223 Å². The van der Waals surface area contributed by atoms with Crippen LogP contribution in [-0.2, 0) is 31.8 Å². The molecule has 1 saturated heterocycles. The molecule has 1 aliphatic carbocycles. The number of aromatic nitrogens is 1. The molecule has 2 aliphatic heterocycles. The van der Waals surface area contributed by atoms with E-state index in [1.807, 2.05) is 0 Å². The van der Waals surface area contributed by atoms with E-state index in [1.54, 1.807) is 20.8 Å². The van der Waals surface area contributed by atoms with Crippen molar-refractivity contribution in [1.82, 2.24) is 15.2 Å². The molecule has 1 atom stereocenters. The molecule has 4 rings (SSSR count). The number of nitrogens with zero attached hydrogens (tertiary/aromatic N) is 2. The van der Waals surface area contributed by atoms with E-state index in [2.05, 4.69) is 22.8 Å². The second kappa shape index (κ2) is 12.2. The number of alkyl carbamates (subject to hydrolysis) is 1. The molecule has 0 bridgehead atoms. The van der Waals surface area contributed by atoms with Gasteiger partial charge in [0.15, 0.2) is 0 Å². The molecule has 0 aromatic carbocycles. The fourth-order valence-corrected chi connectivity index (χ4v) is 4.83. The Bertz CT molecular complexity index is 1000. The lowest BCUT2D eigenvalue weighted by Gasteiger charge is -2.39. The number of nitrogens with one attached hydrogen (secondary N) is 2. The highest BCUT2D eigenvalue weighted by molar-refractivity contribution is 5.80. The van der Waals surface area contributed by atoms with E-state index in [0.717, 1.165) is 56.6 Å². The van der Waals surface area contributed by atoms with Crippen molar-refractivity contribution in [3.63, 3.8) is 0 Å². The van der Waals surface area contributed by atoms with Gasteiger partial charge >= 0.3 is 18.2 Å². The van der Waals surface area contributed by atoms with Crippen molar-refractivity contribution >= 4 is 24.0 Å². The normalized spacial score (nSPS) is 21.7. The van der Waals surface area contributed by atoms with Crippen molar-refractivity contribution in [3.8, 4) is 0 Å². The summed E-state index contributed by atoms with van der Waals surface area (Å²) in [7, 11) is 0. The average Bonchev–Trinajstić information content (AvgIpc) is 2.79. The number of aryl methyl sites for hydroxylation is 2. The maximum Gasteiger partial charge on any atom is 0.410 e. The van der Waals surface area contributed by atoms with E-state index in [0.29, 0.717) is 5.92 Å².